The number of methoxy groups -OCH3 is 2. The van der Waals surface area contributed by atoms with E-state index in [1.807, 2.05) is 58.5 Å². The van der Waals surface area contributed by atoms with E-state index in [2.05, 4.69) is 35.9 Å². The molecule has 1 amide bonds. The maximum absolute atomic E-state index is 12.9. The van der Waals surface area contributed by atoms with Crippen LogP contribution in [0.1, 0.15) is 41.5 Å². The molecular formula is C30H32N4O5S2. The van der Waals surface area contributed by atoms with Gasteiger partial charge in [0.1, 0.15) is 28.7 Å². The molecule has 2 heterocycles. The summed E-state index contributed by atoms with van der Waals surface area (Å²) in [6, 6.07) is 15.3. The number of thioether (sulfide) groups is 1. The Morgan fingerprint density at radius 2 is 1.78 bits per heavy atom. The first-order valence-corrected chi connectivity index (χ1v) is 14.7. The number of thiophene rings is 1. The first kappa shape index (κ1) is 29.9. The molecule has 0 bridgehead atoms. The maximum Gasteiger partial charge on any atom is 0.341 e. The van der Waals surface area contributed by atoms with Crippen LogP contribution in [0.5, 0.6) is 11.5 Å². The van der Waals surface area contributed by atoms with Crippen LogP contribution in [0.3, 0.4) is 0 Å². The van der Waals surface area contributed by atoms with Crippen molar-refractivity contribution in [1.82, 2.24) is 14.8 Å². The predicted molar refractivity (Wildman–Crippen MR) is 162 cm³/mol. The largest absolute Gasteiger partial charge is 0.497 e. The fraction of sp³-hybridized carbons (Fsp3) is 0.267. The topological polar surface area (TPSA) is 105 Å². The molecule has 9 nitrogen and oxygen atoms in total. The normalized spacial score (nSPS) is 10.9. The molecule has 0 aliphatic carbocycles. The molecule has 11 heteroatoms. The van der Waals surface area contributed by atoms with Crippen molar-refractivity contribution in [2.45, 2.75) is 38.1 Å². The van der Waals surface area contributed by atoms with Gasteiger partial charge in [0, 0.05) is 17.5 Å². The molecule has 0 fully saturated rings. The lowest BCUT2D eigenvalue weighted by Gasteiger charge is -2.11. The standard InChI is InChI=1S/C30H32N4O5S2/c1-6-15-34-25(16-39-23-13-7-20(8-14-23)19(2)3)32-33-30(34)41-18-26(35)31-28-27(29(36)38-5)24(17-40-28)21-9-11-22(37-4)12-10-21/h6-14,17,19H,1,15-16,18H2,2-5H3,(H,31,35). The molecule has 41 heavy (non-hydrogen) atoms. The van der Waals surface area contributed by atoms with Gasteiger partial charge in [-0.3, -0.25) is 9.36 Å². The number of anilines is 1. The number of nitrogens with one attached hydrogen (secondary N) is 1. The zero-order valence-electron chi connectivity index (χ0n) is 23.4. The van der Waals surface area contributed by atoms with Crippen LogP contribution in [0.2, 0.25) is 0 Å². The van der Waals surface area contributed by atoms with Crippen LogP contribution >= 0.6 is 23.1 Å². The van der Waals surface area contributed by atoms with Crippen LogP contribution in [0.4, 0.5) is 5.00 Å². The van der Waals surface area contributed by atoms with Crippen LogP contribution in [-0.2, 0) is 22.7 Å². The summed E-state index contributed by atoms with van der Waals surface area (Å²) in [7, 11) is 2.90. The summed E-state index contributed by atoms with van der Waals surface area (Å²) in [6.45, 7) is 8.80. The highest BCUT2D eigenvalue weighted by molar-refractivity contribution is 7.99. The first-order chi connectivity index (χ1) is 19.8. The Hall–Kier alpha value is -4.09. The zero-order chi connectivity index (χ0) is 29.4. The van der Waals surface area contributed by atoms with Gasteiger partial charge in [-0.1, -0.05) is 56.0 Å². The van der Waals surface area contributed by atoms with Gasteiger partial charge in [0.25, 0.3) is 0 Å². The first-order valence-electron chi connectivity index (χ1n) is 12.9. The number of nitrogens with zero attached hydrogens (tertiary/aromatic N) is 3. The molecule has 0 aliphatic heterocycles. The van der Waals surface area contributed by atoms with Gasteiger partial charge in [-0.2, -0.15) is 0 Å². The lowest BCUT2D eigenvalue weighted by molar-refractivity contribution is -0.113. The third-order valence-corrected chi connectivity index (χ3v) is 8.05. The number of esters is 1. The van der Waals surface area contributed by atoms with Gasteiger partial charge >= 0.3 is 5.97 Å². The Morgan fingerprint density at radius 1 is 1.07 bits per heavy atom. The quantitative estimate of drug-likeness (QED) is 0.108. The van der Waals surface area contributed by atoms with Crippen molar-refractivity contribution >= 4 is 40.0 Å². The van der Waals surface area contributed by atoms with Crippen molar-refractivity contribution < 1.29 is 23.8 Å². The number of amides is 1. The molecular weight excluding hydrogens is 560 g/mol. The zero-order valence-corrected chi connectivity index (χ0v) is 25.0. The van der Waals surface area contributed by atoms with Crippen LogP contribution in [0.25, 0.3) is 11.1 Å². The minimum Gasteiger partial charge on any atom is -0.497 e. The number of rotatable bonds is 13. The molecule has 0 saturated heterocycles. The van der Waals surface area contributed by atoms with Crippen molar-refractivity contribution in [3.05, 3.63) is 83.5 Å². The van der Waals surface area contributed by atoms with E-state index in [0.717, 1.165) is 11.3 Å². The number of hydrogen-bond acceptors (Lipinski definition) is 9. The number of carbonyl (C=O) groups excluding carboxylic acids is 2. The summed E-state index contributed by atoms with van der Waals surface area (Å²) < 4.78 is 18.0. The van der Waals surface area contributed by atoms with E-state index < -0.39 is 5.97 Å². The lowest BCUT2D eigenvalue weighted by Crippen LogP contribution is -2.16. The molecule has 0 spiro atoms. The van der Waals surface area contributed by atoms with E-state index in [0.29, 0.717) is 45.3 Å². The summed E-state index contributed by atoms with van der Waals surface area (Å²) >= 11 is 2.50. The molecule has 4 aromatic rings. The fourth-order valence-electron chi connectivity index (χ4n) is 3.97. The summed E-state index contributed by atoms with van der Waals surface area (Å²) in [5.74, 6) is 1.74. The highest BCUT2D eigenvalue weighted by Crippen LogP contribution is 2.37. The van der Waals surface area contributed by atoms with Crippen molar-refractivity contribution in [1.29, 1.82) is 0 Å². The number of carbonyl (C=O) groups is 2. The summed E-state index contributed by atoms with van der Waals surface area (Å²) in [5.41, 5.74) is 3.01. The van der Waals surface area contributed by atoms with Gasteiger partial charge in [-0.15, -0.1) is 28.1 Å². The molecule has 0 unspecified atom stereocenters. The van der Waals surface area contributed by atoms with E-state index in [4.69, 9.17) is 14.2 Å². The van der Waals surface area contributed by atoms with Crippen molar-refractivity contribution in [3.63, 3.8) is 0 Å². The van der Waals surface area contributed by atoms with Crippen molar-refractivity contribution in [2.75, 3.05) is 25.3 Å². The van der Waals surface area contributed by atoms with E-state index in [9.17, 15) is 9.59 Å². The molecule has 0 saturated carbocycles. The second kappa shape index (κ2) is 14.0. The van der Waals surface area contributed by atoms with Crippen LogP contribution in [0, 0.1) is 0 Å². The minimum atomic E-state index is -0.533. The second-order valence-corrected chi connectivity index (χ2v) is 11.0. The van der Waals surface area contributed by atoms with Crippen LogP contribution in [-0.4, -0.2) is 46.6 Å². The summed E-state index contributed by atoms with van der Waals surface area (Å²) in [5, 5.41) is 14.2. The Morgan fingerprint density at radius 3 is 2.41 bits per heavy atom. The minimum absolute atomic E-state index is 0.0587. The SMILES string of the molecule is C=CCn1c(COc2ccc(C(C)C)cc2)nnc1SCC(=O)Nc1scc(-c2ccc(OC)cc2)c1C(=O)OC. The van der Waals surface area contributed by atoms with Gasteiger partial charge in [0.2, 0.25) is 5.91 Å². The van der Waals surface area contributed by atoms with Crippen LogP contribution < -0.4 is 14.8 Å². The number of allylic oxidation sites excluding steroid dienone is 1. The molecule has 2 aromatic carbocycles. The van der Waals surface area contributed by atoms with Gasteiger partial charge in [-0.05, 0) is 41.3 Å². The summed E-state index contributed by atoms with van der Waals surface area (Å²) in [4.78, 5) is 25.6. The molecule has 0 atom stereocenters. The molecule has 0 aliphatic rings. The average molecular weight is 593 g/mol. The smallest absolute Gasteiger partial charge is 0.341 e. The Kier molecular flexibility index (Phi) is 10.2. The van der Waals surface area contributed by atoms with E-state index in [1.165, 1.54) is 35.8 Å². The molecule has 4 rings (SSSR count). The monoisotopic (exact) mass is 592 g/mol. The molecule has 214 valence electrons. The Bertz CT molecular complexity index is 1490. The van der Waals surface area contributed by atoms with Crippen molar-refractivity contribution in [3.8, 4) is 22.6 Å². The highest BCUT2D eigenvalue weighted by atomic mass is 32.2. The van der Waals surface area contributed by atoms with E-state index >= 15 is 0 Å². The molecule has 1 N–H and O–H groups in total. The number of ether oxygens (including phenoxy) is 3. The Labute approximate surface area is 247 Å². The van der Waals surface area contributed by atoms with Gasteiger partial charge < -0.3 is 19.5 Å². The predicted octanol–water partition coefficient (Wildman–Crippen LogP) is 6.42. The highest BCUT2D eigenvalue weighted by Gasteiger charge is 2.23. The maximum atomic E-state index is 12.9. The third-order valence-electron chi connectivity index (χ3n) is 6.19. The molecule has 2 aromatic heterocycles. The van der Waals surface area contributed by atoms with E-state index in [1.54, 1.807) is 13.2 Å². The van der Waals surface area contributed by atoms with Crippen LogP contribution in [0.15, 0.2) is 71.7 Å². The van der Waals surface area contributed by atoms with Crippen molar-refractivity contribution in [2.24, 2.45) is 0 Å². The number of aromatic nitrogens is 3. The van der Waals surface area contributed by atoms with E-state index in [-0.39, 0.29) is 18.3 Å². The van der Waals surface area contributed by atoms with Gasteiger partial charge in [0.15, 0.2) is 11.0 Å². The fourth-order valence-corrected chi connectivity index (χ4v) is 5.71. The average Bonchev–Trinajstić information content (AvgIpc) is 3.58. The molecule has 0 radical (unpaired) electrons. The Balaban J connectivity index is 1.43. The van der Waals surface area contributed by atoms with Gasteiger partial charge in [0.05, 0.1) is 20.0 Å². The number of hydrogen-bond donors (Lipinski definition) is 1. The summed E-state index contributed by atoms with van der Waals surface area (Å²) in [6.07, 6.45) is 1.74. The second-order valence-electron chi connectivity index (χ2n) is 9.22. The van der Waals surface area contributed by atoms with Gasteiger partial charge in [-0.25, -0.2) is 4.79 Å². The number of benzene rings is 2. The third kappa shape index (κ3) is 7.36. The lowest BCUT2D eigenvalue weighted by atomic mass is 10.0.